The van der Waals surface area contributed by atoms with Crippen LogP contribution in [0.5, 0.6) is 0 Å². The van der Waals surface area contributed by atoms with Gasteiger partial charge >= 0.3 is 0 Å². The van der Waals surface area contributed by atoms with Crippen LogP contribution in [0.1, 0.15) is 18.7 Å². The Morgan fingerprint density at radius 3 is 2.96 bits per heavy atom. The minimum absolute atomic E-state index is 0.0917. The van der Waals surface area contributed by atoms with E-state index in [0.717, 1.165) is 19.4 Å². The summed E-state index contributed by atoms with van der Waals surface area (Å²) in [5.74, 6) is 0.605. The Hall–Kier alpha value is -1.77. The van der Waals surface area contributed by atoms with Gasteiger partial charge < -0.3 is 4.98 Å². The first kappa shape index (κ1) is 16.1. The van der Waals surface area contributed by atoms with Crippen LogP contribution in [-0.4, -0.2) is 48.7 Å². The van der Waals surface area contributed by atoms with Crippen molar-refractivity contribution in [2.45, 2.75) is 25.4 Å². The number of aromatic amines is 1. The molecule has 0 bridgehead atoms. The summed E-state index contributed by atoms with van der Waals surface area (Å²) in [6.45, 7) is 1.98. The van der Waals surface area contributed by atoms with E-state index in [-0.39, 0.29) is 11.6 Å². The number of fused-ring (bicyclic) bond motifs is 1. The number of nitrogens with one attached hydrogen (secondary N) is 2. The van der Waals surface area contributed by atoms with Crippen molar-refractivity contribution in [2.75, 3.05) is 19.3 Å². The van der Waals surface area contributed by atoms with Crippen LogP contribution >= 0.6 is 0 Å². The van der Waals surface area contributed by atoms with Gasteiger partial charge in [0.25, 0.3) is 5.56 Å². The summed E-state index contributed by atoms with van der Waals surface area (Å²) in [5, 5.41) is 0.575. The predicted molar refractivity (Wildman–Crippen MR) is 88.6 cm³/mol. The minimum atomic E-state index is -3.21. The molecule has 0 unspecified atom stereocenters. The summed E-state index contributed by atoms with van der Waals surface area (Å²) >= 11 is 0. The van der Waals surface area contributed by atoms with Crippen molar-refractivity contribution in [3.63, 3.8) is 0 Å². The van der Waals surface area contributed by atoms with Crippen LogP contribution < -0.4 is 10.3 Å². The minimum Gasteiger partial charge on any atom is -0.309 e. The summed E-state index contributed by atoms with van der Waals surface area (Å²) in [4.78, 5) is 21.5. The third-order valence-corrected chi connectivity index (χ3v) is 4.68. The fraction of sp³-hybridized carbons (Fsp3) is 0.467. The number of para-hydroxylation sites is 1. The average Bonchev–Trinajstić information content (AvgIpc) is 2.46. The maximum Gasteiger partial charge on any atom is 0.258 e. The van der Waals surface area contributed by atoms with Gasteiger partial charge in [0.15, 0.2) is 0 Å². The molecule has 2 N–H and O–H groups in total. The van der Waals surface area contributed by atoms with Crippen molar-refractivity contribution in [3.05, 3.63) is 40.4 Å². The second kappa shape index (κ2) is 6.38. The lowest BCUT2D eigenvalue weighted by molar-refractivity contribution is 0.190. The molecule has 8 heteroatoms. The SMILES string of the molecule is CS(=O)(=O)N[C@H]1CCCN(Cc2nc3ccccc3c(=O)[nH]2)C1. The summed E-state index contributed by atoms with van der Waals surface area (Å²) in [5.41, 5.74) is 0.530. The highest BCUT2D eigenvalue weighted by atomic mass is 32.2. The van der Waals surface area contributed by atoms with Gasteiger partial charge in [-0.1, -0.05) is 12.1 Å². The number of rotatable bonds is 4. The Bertz CT molecular complexity index is 862. The summed E-state index contributed by atoms with van der Waals surface area (Å²) in [7, 11) is -3.21. The van der Waals surface area contributed by atoms with Crippen LogP contribution in [0.3, 0.4) is 0 Å². The normalized spacial score (nSPS) is 20.0. The van der Waals surface area contributed by atoms with Crippen molar-refractivity contribution in [2.24, 2.45) is 0 Å². The molecule has 0 radical (unpaired) electrons. The van der Waals surface area contributed by atoms with Crippen LogP contribution in [0, 0.1) is 0 Å². The van der Waals surface area contributed by atoms with E-state index in [4.69, 9.17) is 0 Å². The van der Waals surface area contributed by atoms with Crippen LogP contribution in [0.25, 0.3) is 10.9 Å². The number of sulfonamides is 1. The second-order valence-corrected chi connectivity index (χ2v) is 7.77. The summed E-state index contributed by atoms with van der Waals surface area (Å²) in [6, 6.07) is 7.14. The van der Waals surface area contributed by atoms with Crippen molar-refractivity contribution in [1.82, 2.24) is 19.6 Å². The van der Waals surface area contributed by atoms with Gasteiger partial charge in [0, 0.05) is 12.6 Å². The molecule has 7 nitrogen and oxygen atoms in total. The Morgan fingerprint density at radius 1 is 1.39 bits per heavy atom. The van der Waals surface area contributed by atoms with Crippen LogP contribution in [0.4, 0.5) is 0 Å². The lowest BCUT2D eigenvalue weighted by atomic mass is 10.1. The van der Waals surface area contributed by atoms with Crippen molar-refractivity contribution >= 4 is 20.9 Å². The third-order valence-electron chi connectivity index (χ3n) is 3.92. The molecule has 0 aliphatic carbocycles. The van der Waals surface area contributed by atoms with Crippen molar-refractivity contribution < 1.29 is 8.42 Å². The molecule has 1 fully saturated rings. The second-order valence-electron chi connectivity index (χ2n) is 5.99. The number of likely N-dealkylation sites (tertiary alicyclic amines) is 1. The maximum atomic E-state index is 12.1. The molecule has 0 saturated carbocycles. The zero-order valence-corrected chi connectivity index (χ0v) is 13.8. The van der Waals surface area contributed by atoms with Gasteiger partial charge in [-0.05, 0) is 31.5 Å². The van der Waals surface area contributed by atoms with E-state index in [0.29, 0.717) is 29.8 Å². The van der Waals surface area contributed by atoms with E-state index in [1.807, 2.05) is 18.2 Å². The van der Waals surface area contributed by atoms with Gasteiger partial charge in [-0.15, -0.1) is 0 Å². The Morgan fingerprint density at radius 2 is 2.17 bits per heavy atom. The van der Waals surface area contributed by atoms with Crippen LogP contribution in [0.15, 0.2) is 29.1 Å². The Labute approximate surface area is 134 Å². The molecule has 124 valence electrons. The molecule has 2 aromatic rings. The van der Waals surface area contributed by atoms with E-state index >= 15 is 0 Å². The number of hydrogen-bond acceptors (Lipinski definition) is 5. The van der Waals surface area contributed by atoms with Crippen LogP contribution in [-0.2, 0) is 16.6 Å². The number of nitrogens with zero attached hydrogens (tertiary/aromatic N) is 2. The molecular weight excluding hydrogens is 316 g/mol. The fourth-order valence-corrected chi connectivity index (χ4v) is 3.82. The van der Waals surface area contributed by atoms with E-state index in [2.05, 4.69) is 19.6 Å². The highest BCUT2D eigenvalue weighted by Crippen LogP contribution is 2.13. The quantitative estimate of drug-likeness (QED) is 0.844. The molecule has 1 saturated heterocycles. The smallest absolute Gasteiger partial charge is 0.258 e. The molecule has 1 atom stereocenters. The number of benzene rings is 1. The monoisotopic (exact) mass is 336 g/mol. The number of piperidine rings is 1. The topological polar surface area (TPSA) is 95.2 Å². The molecule has 23 heavy (non-hydrogen) atoms. The largest absolute Gasteiger partial charge is 0.309 e. The summed E-state index contributed by atoms with van der Waals surface area (Å²) < 4.78 is 25.4. The lowest BCUT2D eigenvalue weighted by Gasteiger charge is -2.32. The van der Waals surface area contributed by atoms with Crippen LogP contribution in [0.2, 0.25) is 0 Å². The molecular formula is C15H20N4O3S. The predicted octanol–water partition coefficient (Wildman–Crippen LogP) is 0.437. The van der Waals surface area contributed by atoms with E-state index in [1.54, 1.807) is 6.07 Å². The Balaban J connectivity index is 1.75. The van der Waals surface area contributed by atoms with Crippen molar-refractivity contribution in [1.29, 1.82) is 0 Å². The molecule has 2 heterocycles. The highest BCUT2D eigenvalue weighted by molar-refractivity contribution is 7.88. The third kappa shape index (κ3) is 4.15. The van der Waals surface area contributed by atoms with E-state index in [1.165, 1.54) is 6.26 Å². The number of aromatic nitrogens is 2. The maximum absolute atomic E-state index is 12.1. The first-order valence-corrected chi connectivity index (χ1v) is 9.47. The number of hydrogen-bond donors (Lipinski definition) is 2. The lowest BCUT2D eigenvalue weighted by Crippen LogP contribution is -2.47. The van der Waals surface area contributed by atoms with E-state index < -0.39 is 10.0 Å². The first-order chi connectivity index (χ1) is 10.9. The van der Waals surface area contributed by atoms with Gasteiger partial charge in [-0.25, -0.2) is 18.1 Å². The fourth-order valence-electron chi connectivity index (χ4n) is 3.02. The van der Waals surface area contributed by atoms with E-state index in [9.17, 15) is 13.2 Å². The van der Waals surface area contributed by atoms with Gasteiger partial charge in [0.2, 0.25) is 10.0 Å². The highest BCUT2D eigenvalue weighted by Gasteiger charge is 2.23. The summed E-state index contributed by atoms with van der Waals surface area (Å²) in [6.07, 6.45) is 2.91. The molecule has 0 amide bonds. The molecule has 0 spiro atoms. The van der Waals surface area contributed by atoms with Gasteiger partial charge in [0.05, 0.1) is 23.7 Å². The zero-order chi connectivity index (χ0) is 16.4. The zero-order valence-electron chi connectivity index (χ0n) is 12.9. The molecule has 1 aromatic heterocycles. The standard InChI is InChI=1S/C15H20N4O3S/c1-23(21,22)18-11-5-4-8-19(9-11)10-14-16-13-7-3-2-6-12(13)15(20)17-14/h2-3,6-7,11,18H,4-5,8-10H2,1H3,(H,16,17,20)/t11-/m0/s1. The molecule has 3 rings (SSSR count). The molecule has 1 aliphatic heterocycles. The average molecular weight is 336 g/mol. The Kier molecular flexibility index (Phi) is 4.47. The molecule has 1 aromatic carbocycles. The van der Waals surface area contributed by atoms with Gasteiger partial charge in [-0.2, -0.15) is 0 Å². The first-order valence-electron chi connectivity index (χ1n) is 7.58. The van der Waals surface area contributed by atoms with Crippen molar-refractivity contribution in [3.8, 4) is 0 Å². The molecule has 1 aliphatic rings. The number of H-pyrrole nitrogens is 1. The van der Waals surface area contributed by atoms with Gasteiger partial charge in [0.1, 0.15) is 5.82 Å². The van der Waals surface area contributed by atoms with Gasteiger partial charge in [-0.3, -0.25) is 9.69 Å².